The molecule has 4 rings (SSSR count). The van der Waals surface area contributed by atoms with E-state index in [-0.39, 0.29) is 12.1 Å². The molecule has 0 radical (unpaired) electrons. The highest BCUT2D eigenvalue weighted by molar-refractivity contribution is 6.00. The lowest BCUT2D eigenvalue weighted by Crippen LogP contribution is -2.44. The molecule has 1 aliphatic carbocycles. The maximum atomic E-state index is 12.3. The van der Waals surface area contributed by atoms with E-state index in [0.29, 0.717) is 6.54 Å². The molecule has 0 unspecified atom stereocenters. The fourth-order valence-corrected chi connectivity index (χ4v) is 4.14. The van der Waals surface area contributed by atoms with Gasteiger partial charge in [0.1, 0.15) is 6.61 Å². The standard InChI is InChI=1S/C21H26N6O2/c1-22-21(12-5-2-6-13-21)19-24-25-26-27(19)14-15-29-20(28)23-18-11-7-9-16-8-3-4-10-17(16)18/h3-4,7-11,22H,2,5-6,12-15H2,1H3,(H,23,28). The summed E-state index contributed by atoms with van der Waals surface area (Å²) in [5.74, 6) is 0.817. The van der Waals surface area contributed by atoms with Crippen LogP contribution in [0.3, 0.4) is 0 Å². The van der Waals surface area contributed by atoms with Crippen molar-refractivity contribution in [2.75, 3.05) is 19.0 Å². The van der Waals surface area contributed by atoms with Gasteiger partial charge < -0.3 is 10.1 Å². The van der Waals surface area contributed by atoms with Gasteiger partial charge in [-0.2, -0.15) is 0 Å². The molecule has 3 aromatic rings. The first-order valence-electron chi connectivity index (χ1n) is 10.1. The first kappa shape index (κ1) is 19.3. The molecular formula is C21H26N6O2. The lowest BCUT2D eigenvalue weighted by atomic mass is 9.81. The molecule has 0 spiro atoms. The van der Waals surface area contributed by atoms with E-state index in [1.165, 1.54) is 6.42 Å². The average molecular weight is 394 g/mol. The van der Waals surface area contributed by atoms with E-state index in [1.54, 1.807) is 4.68 Å². The Morgan fingerprint density at radius 3 is 2.76 bits per heavy atom. The van der Waals surface area contributed by atoms with Gasteiger partial charge in [0.05, 0.1) is 17.8 Å². The molecule has 0 aliphatic heterocycles. The van der Waals surface area contributed by atoms with Crippen molar-refractivity contribution >= 4 is 22.6 Å². The Morgan fingerprint density at radius 2 is 1.93 bits per heavy atom. The zero-order chi connectivity index (χ0) is 20.1. The number of aromatic nitrogens is 4. The second kappa shape index (κ2) is 8.57. The maximum absolute atomic E-state index is 12.3. The number of nitrogens with one attached hydrogen (secondary N) is 2. The second-order valence-electron chi connectivity index (χ2n) is 7.41. The maximum Gasteiger partial charge on any atom is 0.411 e. The fourth-order valence-electron chi connectivity index (χ4n) is 4.14. The molecule has 8 nitrogen and oxygen atoms in total. The van der Waals surface area contributed by atoms with Gasteiger partial charge in [-0.1, -0.05) is 55.7 Å². The number of fused-ring (bicyclic) bond motifs is 1. The van der Waals surface area contributed by atoms with E-state index >= 15 is 0 Å². The van der Waals surface area contributed by atoms with Gasteiger partial charge in [-0.25, -0.2) is 9.48 Å². The van der Waals surface area contributed by atoms with Crippen LogP contribution in [-0.4, -0.2) is 40.0 Å². The van der Waals surface area contributed by atoms with Crippen LogP contribution < -0.4 is 10.6 Å². The lowest BCUT2D eigenvalue weighted by molar-refractivity contribution is 0.152. The van der Waals surface area contributed by atoms with Gasteiger partial charge in [-0.15, -0.1) is 5.10 Å². The Kier molecular flexibility index (Phi) is 5.71. The van der Waals surface area contributed by atoms with Crippen molar-refractivity contribution in [3.8, 4) is 0 Å². The first-order valence-corrected chi connectivity index (χ1v) is 10.1. The van der Waals surface area contributed by atoms with Crippen molar-refractivity contribution < 1.29 is 9.53 Å². The highest BCUT2D eigenvalue weighted by Crippen LogP contribution is 2.35. The fraction of sp³-hybridized carbons (Fsp3) is 0.429. The first-order chi connectivity index (χ1) is 14.2. The number of benzene rings is 2. The molecule has 29 heavy (non-hydrogen) atoms. The molecule has 0 atom stereocenters. The number of tetrazole rings is 1. The van der Waals surface area contributed by atoms with E-state index in [4.69, 9.17) is 4.74 Å². The Morgan fingerprint density at radius 1 is 1.14 bits per heavy atom. The Balaban J connectivity index is 1.37. The number of carbonyl (C=O) groups is 1. The quantitative estimate of drug-likeness (QED) is 0.665. The van der Waals surface area contributed by atoms with Crippen molar-refractivity contribution in [1.82, 2.24) is 25.5 Å². The number of carbonyl (C=O) groups excluding carboxylic acids is 1. The van der Waals surface area contributed by atoms with Crippen LogP contribution in [0.5, 0.6) is 0 Å². The van der Waals surface area contributed by atoms with Crippen molar-refractivity contribution in [3.63, 3.8) is 0 Å². The van der Waals surface area contributed by atoms with Crippen LogP contribution in [0.15, 0.2) is 42.5 Å². The number of rotatable bonds is 6. The highest BCUT2D eigenvalue weighted by atomic mass is 16.5. The number of hydrogen-bond acceptors (Lipinski definition) is 6. The molecule has 1 aromatic heterocycles. The Labute approximate surface area is 169 Å². The zero-order valence-electron chi connectivity index (χ0n) is 16.6. The molecule has 8 heteroatoms. The third kappa shape index (κ3) is 4.07. The van der Waals surface area contributed by atoms with Gasteiger partial charge in [-0.3, -0.25) is 5.32 Å². The lowest BCUT2D eigenvalue weighted by Gasteiger charge is -2.35. The Bertz CT molecular complexity index is 975. The van der Waals surface area contributed by atoms with E-state index in [1.807, 2.05) is 49.5 Å². The molecular weight excluding hydrogens is 368 g/mol. The third-order valence-corrected chi connectivity index (χ3v) is 5.71. The average Bonchev–Trinajstić information content (AvgIpc) is 3.24. The van der Waals surface area contributed by atoms with Crippen molar-refractivity contribution in [2.45, 2.75) is 44.2 Å². The summed E-state index contributed by atoms with van der Waals surface area (Å²) in [6.07, 6.45) is 5.06. The number of nitrogens with zero attached hydrogens (tertiary/aromatic N) is 4. The molecule has 1 saturated carbocycles. The molecule has 1 heterocycles. The van der Waals surface area contributed by atoms with Crippen LogP contribution in [0.25, 0.3) is 10.8 Å². The van der Waals surface area contributed by atoms with Crippen molar-refractivity contribution in [3.05, 3.63) is 48.3 Å². The third-order valence-electron chi connectivity index (χ3n) is 5.71. The number of anilines is 1. The molecule has 0 bridgehead atoms. The minimum Gasteiger partial charge on any atom is -0.447 e. The van der Waals surface area contributed by atoms with Crippen molar-refractivity contribution in [2.24, 2.45) is 0 Å². The van der Waals surface area contributed by atoms with Crippen LogP contribution in [0.2, 0.25) is 0 Å². The number of amides is 1. The molecule has 152 valence electrons. The normalized spacial score (nSPS) is 15.9. The van der Waals surface area contributed by atoms with Gasteiger partial charge in [0.25, 0.3) is 0 Å². The van der Waals surface area contributed by atoms with Crippen LogP contribution in [-0.2, 0) is 16.8 Å². The van der Waals surface area contributed by atoms with Gasteiger partial charge in [0.2, 0.25) is 0 Å². The SMILES string of the molecule is CNC1(c2nnnn2CCOC(=O)Nc2cccc3ccccc23)CCCCC1. The summed E-state index contributed by atoms with van der Waals surface area (Å²) in [6.45, 7) is 0.600. The van der Waals surface area contributed by atoms with E-state index in [0.717, 1.165) is 48.0 Å². The minimum atomic E-state index is -0.489. The topological polar surface area (TPSA) is 94.0 Å². The monoisotopic (exact) mass is 394 g/mol. The van der Waals surface area contributed by atoms with Gasteiger partial charge in [0, 0.05) is 5.39 Å². The van der Waals surface area contributed by atoms with Gasteiger partial charge in [-0.05, 0) is 41.8 Å². The van der Waals surface area contributed by atoms with Crippen molar-refractivity contribution in [1.29, 1.82) is 0 Å². The van der Waals surface area contributed by atoms with Crippen LogP contribution in [0.4, 0.5) is 10.5 Å². The summed E-state index contributed by atoms with van der Waals surface area (Å²) in [7, 11) is 1.96. The van der Waals surface area contributed by atoms with E-state index in [2.05, 4.69) is 26.2 Å². The van der Waals surface area contributed by atoms with Gasteiger partial charge >= 0.3 is 6.09 Å². The summed E-state index contributed by atoms with van der Waals surface area (Å²) in [5, 5.41) is 20.5. The molecule has 1 fully saturated rings. The molecule has 2 aromatic carbocycles. The van der Waals surface area contributed by atoms with Crippen LogP contribution >= 0.6 is 0 Å². The van der Waals surface area contributed by atoms with E-state index < -0.39 is 6.09 Å². The zero-order valence-corrected chi connectivity index (χ0v) is 16.6. The summed E-state index contributed by atoms with van der Waals surface area (Å²) in [5.41, 5.74) is 0.528. The van der Waals surface area contributed by atoms with Crippen LogP contribution in [0, 0.1) is 0 Å². The van der Waals surface area contributed by atoms with E-state index in [9.17, 15) is 4.79 Å². The molecule has 0 saturated heterocycles. The predicted molar refractivity (Wildman–Crippen MR) is 111 cm³/mol. The second-order valence-corrected chi connectivity index (χ2v) is 7.41. The van der Waals surface area contributed by atoms with Gasteiger partial charge in [0.15, 0.2) is 5.82 Å². The van der Waals surface area contributed by atoms with Crippen LogP contribution in [0.1, 0.15) is 37.9 Å². The predicted octanol–water partition coefficient (Wildman–Crippen LogP) is 3.45. The minimum absolute atomic E-state index is 0.189. The summed E-state index contributed by atoms with van der Waals surface area (Å²) >= 11 is 0. The summed E-state index contributed by atoms with van der Waals surface area (Å²) in [6, 6.07) is 13.7. The molecule has 1 amide bonds. The molecule has 1 aliphatic rings. The summed E-state index contributed by atoms with van der Waals surface area (Å²) in [4.78, 5) is 12.3. The number of ether oxygens (including phenoxy) is 1. The molecule has 2 N–H and O–H groups in total. The highest BCUT2D eigenvalue weighted by Gasteiger charge is 2.37. The largest absolute Gasteiger partial charge is 0.447 e. The number of hydrogen-bond donors (Lipinski definition) is 2. The smallest absolute Gasteiger partial charge is 0.411 e. The Hall–Kier alpha value is -3.00. The summed E-state index contributed by atoms with van der Waals surface area (Å²) < 4.78 is 7.13.